The Morgan fingerprint density at radius 3 is 2.74 bits per heavy atom. The standard InChI is InChI=1S/C14H12FN3O/c1-9(17)13-6-5-10(8-18-13)19-14-4-2-3-12(15)11(14)7-16/h2-6,8-9H,17H2,1H3. The number of hydrogen-bond donors (Lipinski definition) is 1. The van der Waals surface area contributed by atoms with E-state index in [0.29, 0.717) is 5.75 Å². The number of ether oxygens (including phenoxy) is 1. The molecule has 1 heterocycles. The molecule has 0 saturated heterocycles. The molecule has 96 valence electrons. The van der Waals surface area contributed by atoms with E-state index in [4.69, 9.17) is 15.7 Å². The van der Waals surface area contributed by atoms with Gasteiger partial charge in [0, 0.05) is 6.04 Å². The molecule has 0 saturated carbocycles. The molecule has 2 rings (SSSR count). The van der Waals surface area contributed by atoms with Crippen molar-refractivity contribution in [3.8, 4) is 17.6 Å². The lowest BCUT2D eigenvalue weighted by Crippen LogP contribution is -2.06. The Kier molecular flexibility index (Phi) is 3.74. The van der Waals surface area contributed by atoms with E-state index in [1.165, 1.54) is 24.4 Å². The molecule has 5 heteroatoms. The van der Waals surface area contributed by atoms with Gasteiger partial charge in [-0.15, -0.1) is 0 Å². The van der Waals surface area contributed by atoms with Crippen LogP contribution in [0.25, 0.3) is 0 Å². The van der Waals surface area contributed by atoms with Crippen LogP contribution < -0.4 is 10.5 Å². The van der Waals surface area contributed by atoms with Gasteiger partial charge in [-0.3, -0.25) is 4.98 Å². The van der Waals surface area contributed by atoms with E-state index < -0.39 is 5.82 Å². The molecule has 0 amide bonds. The highest BCUT2D eigenvalue weighted by Crippen LogP contribution is 2.26. The third kappa shape index (κ3) is 2.87. The fourth-order valence-electron chi connectivity index (χ4n) is 1.55. The minimum Gasteiger partial charge on any atom is -0.454 e. The predicted octanol–water partition coefficient (Wildman–Crippen LogP) is 2.90. The molecule has 0 aliphatic heterocycles. The van der Waals surface area contributed by atoms with Gasteiger partial charge < -0.3 is 10.5 Å². The molecule has 0 radical (unpaired) electrons. The minimum absolute atomic E-state index is 0.126. The third-order valence-corrected chi connectivity index (χ3v) is 2.54. The van der Waals surface area contributed by atoms with Crippen LogP contribution in [-0.2, 0) is 0 Å². The molecule has 4 nitrogen and oxygen atoms in total. The van der Waals surface area contributed by atoms with Crippen LogP contribution in [-0.4, -0.2) is 4.98 Å². The van der Waals surface area contributed by atoms with Gasteiger partial charge in [0.05, 0.1) is 11.9 Å². The molecule has 19 heavy (non-hydrogen) atoms. The van der Waals surface area contributed by atoms with Crippen molar-refractivity contribution in [2.24, 2.45) is 5.73 Å². The number of hydrogen-bond acceptors (Lipinski definition) is 4. The fourth-order valence-corrected chi connectivity index (χ4v) is 1.55. The zero-order valence-electron chi connectivity index (χ0n) is 10.3. The predicted molar refractivity (Wildman–Crippen MR) is 68.0 cm³/mol. The molecule has 0 aliphatic rings. The number of pyridine rings is 1. The van der Waals surface area contributed by atoms with Gasteiger partial charge in [0.15, 0.2) is 0 Å². The fraction of sp³-hybridized carbons (Fsp3) is 0.143. The summed E-state index contributed by atoms with van der Waals surface area (Å²) in [4.78, 5) is 4.13. The average molecular weight is 257 g/mol. The van der Waals surface area contributed by atoms with E-state index >= 15 is 0 Å². The number of nitrogens with zero attached hydrogens (tertiary/aromatic N) is 2. The number of nitriles is 1. The van der Waals surface area contributed by atoms with Gasteiger partial charge in [-0.25, -0.2) is 4.39 Å². The molecule has 1 atom stereocenters. The zero-order valence-corrected chi connectivity index (χ0v) is 10.3. The van der Waals surface area contributed by atoms with Crippen molar-refractivity contribution in [2.45, 2.75) is 13.0 Å². The van der Waals surface area contributed by atoms with E-state index in [2.05, 4.69) is 4.98 Å². The Labute approximate surface area is 110 Å². The van der Waals surface area contributed by atoms with Crippen LogP contribution in [0.15, 0.2) is 36.5 Å². The van der Waals surface area contributed by atoms with Crippen molar-refractivity contribution in [1.29, 1.82) is 5.26 Å². The average Bonchev–Trinajstić information content (AvgIpc) is 2.39. The van der Waals surface area contributed by atoms with Crippen molar-refractivity contribution < 1.29 is 9.13 Å². The molecule has 1 aromatic heterocycles. The number of halogens is 1. The van der Waals surface area contributed by atoms with Gasteiger partial charge in [-0.1, -0.05) is 6.07 Å². The summed E-state index contributed by atoms with van der Waals surface area (Å²) in [6, 6.07) is 9.23. The lowest BCUT2D eigenvalue weighted by molar-refractivity contribution is 0.471. The minimum atomic E-state index is -0.611. The van der Waals surface area contributed by atoms with E-state index in [9.17, 15) is 4.39 Å². The SMILES string of the molecule is CC(N)c1ccc(Oc2cccc(F)c2C#N)cn1. The van der Waals surface area contributed by atoms with E-state index in [1.807, 2.05) is 6.92 Å². The maximum Gasteiger partial charge on any atom is 0.148 e. The van der Waals surface area contributed by atoms with Gasteiger partial charge in [-0.2, -0.15) is 5.26 Å². The maximum absolute atomic E-state index is 13.4. The lowest BCUT2D eigenvalue weighted by atomic mass is 10.2. The second kappa shape index (κ2) is 5.46. The summed E-state index contributed by atoms with van der Waals surface area (Å²) in [5.41, 5.74) is 6.29. The third-order valence-electron chi connectivity index (χ3n) is 2.54. The normalized spacial score (nSPS) is 11.7. The molecular formula is C14H12FN3O. The van der Waals surface area contributed by atoms with Crippen LogP contribution in [0.4, 0.5) is 4.39 Å². The first-order chi connectivity index (χ1) is 9.11. The van der Waals surface area contributed by atoms with Gasteiger partial charge in [0.25, 0.3) is 0 Å². The molecule has 0 bridgehead atoms. The summed E-state index contributed by atoms with van der Waals surface area (Å²) in [7, 11) is 0. The van der Waals surface area contributed by atoms with Gasteiger partial charge in [-0.05, 0) is 31.2 Å². The van der Waals surface area contributed by atoms with Crippen LogP contribution in [0.2, 0.25) is 0 Å². The smallest absolute Gasteiger partial charge is 0.148 e. The number of rotatable bonds is 3. The Morgan fingerprint density at radius 2 is 2.16 bits per heavy atom. The summed E-state index contributed by atoms with van der Waals surface area (Å²) in [6.45, 7) is 1.82. The van der Waals surface area contributed by atoms with Crippen LogP contribution in [0.3, 0.4) is 0 Å². The first-order valence-electron chi connectivity index (χ1n) is 5.70. The topological polar surface area (TPSA) is 71.9 Å². The van der Waals surface area contributed by atoms with Crippen LogP contribution >= 0.6 is 0 Å². The van der Waals surface area contributed by atoms with Gasteiger partial charge >= 0.3 is 0 Å². The van der Waals surface area contributed by atoms with Crippen molar-refractivity contribution in [1.82, 2.24) is 4.98 Å². The first kappa shape index (κ1) is 13.0. The monoisotopic (exact) mass is 257 g/mol. The number of aromatic nitrogens is 1. The zero-order chi connectivity index (χ0) is 13.8. The molecule has 0 aliphatic carbocycles. The molecule has 1 unspecified atom stereocenters. The highest BCUT2D eigenvalue weighted by molar-refractivity contribution is 5.45. The molecule has 2 N–H and O–H groups in total. The largest absolute Gasteiger partial charge is 0.454 e. The second-order valence-corrected chi connectivity index (χ2v) is 4.03. The summed E-state index contributed by atoms with van der Waals surface area (Å²) >= 11 is 0. The molecular weight excluding hydrogens is 245 g/mol. The molecule has 2 aromatic rings. The van der Waals surface area contributed by atoms with E-state index in [1.54, 1.807) is 18.2 Å². The summed E-state index contributed by atoms with van der Waals surface area (Å²) < 4.78 is 18.8. The Morgan fingerprint density at radius 1 is 1.37 bits per heavy atom. The number of nitrogens with two attached hydrogens (primary N) is 1. The Balaban J connectivity index is 2.27. The molecule has 0 fully saturated rings. The van der Waals surface area contributed by atoms with Crippen molar-refractivity contribution in [2.75, 3.05) is 0 Å². The number of benzene rings is 1. The molecule has 1 aromatic carbocycles. The van der Waals surface area contributed by atoms with Crippen LogP contribution in [0, 0.1) is 17.1 Å². The highest BCUT2D eigenvalue weighted by Gasteiger charge is 2.10. The summed E-state index contributed by atoms with van der Waals surface area (Å²) in [5, 5.41) is 8.89. The van der Waals surface area contributed by atoms with Crippen LogP contribution in [0.1, 0.15) is 24.2 Å². The summed E-state index contributed by atoms with van der Waals surface area (Å²) in [5.74, 6) is -0.0236. The van der Waals surface area contributed by atoms with E-state index in [-0.39, 0.29) is 17.4 Å². The summed E-state index contributed by atoms with van der Waals surface area (Å²) in [6.07, 6.45) is 1.49. The van der Waals surface area contributed by atoms with Crippen molar-refractivity contribution >= 4 is 0 Å². The molecule has 0 spiro atoms. The first-order valence-corrected chi connectivity index (χ1v) is 5.70. The second-order valence-electron chi connectivity index (χ2n) is 4.03. The lowest BCUT2D eigenvalue weighted by Gasteiger charge is -2.09. The Hall–Kier alpha value is -2.45. The maximum atomic E-state index is 13.4. The van der Waals surface area contributed by atoms with E-state index in [0.717, 1.165) is 5.69 Å². The Bertz CT molecular complexity index is 618. The van der Waals surface area contributed by atoms with Crippen molar-refractivity contribution in [3.63, 3.8) is 0 Å². The highest BCUT2D eigenvalue weighted by atomic mass is 19.1. The van der Waals surface area contributed by atoms with Gasteiger partial charge in [0.1, 0.15) is 28.9 Å². The van der Waals surface area contributed by atoms with Crippen molar-refractivity contribution in [3.05, 3.63) is 53.6 Å². The van der Waals surface area contributed by atoms with Gasteiger partial charge in [0.2, 0.25) is 0 Å². The van der Waals surface area contributed by atoms with Crippen LogP contribution in [0.5, 0.6) is 11.5 Å². The quantitative estimate of drug-likeness (QED) is 0.917.